The van der Waals surface area contributed by atoms with Crippen molar-refractivity contribution in [3.05, 3.63) is 34.6 Å². The molecule has 0 spiro atoms. The molecule has 2 aliphatic heterocycles. The monoisotopic (exact) mass is 368 g/mol. The Morgan fingerprint density at radius 3 is 2.50 bits per heavy atom. The second-order valence-electron chi connectivity index (χ2n) is 5.81. The van der Waals surface area contributed by atoms with Crippen LogP contribution in [0.25, 0.3) is 0 Å². The van der Waals surface area contributed by atoms with E-state index in [2.05, 4.69) is 5.32 Å². The minimum absolute atomic E-state index is 0. The number of halogens is 3. The number of fused-ring (bicyclic) bond motifs is 2. The van der Waals surface area contributed by atoms with Crippen LogP contribution < -0.4 is 5.32 Å². The Morgan fingerprint density at radius 2 is 1.91 bits per heavy atom. The Morgan fingerprint density at radius 1 is 1.27 bits per heavy atom. The molecule has 2 fully saturated rings. The zero-order valence-electron chi connectivity index (χ0n) is 12.0. The van der Waals surface area contributed by atoms with E-state index in [9.17, 15) is 12.8 Å². The van der Waals surface area contributed by atoms with E-state index in [1.165, 1.54) is 18.2 Å². The van der Waals surface area contributed by atoms with Gasteiger partial charge in [-0.1, -0.05) is 24.1 Å². The van der Waals surface area contributed by atoms with Crippen LogP contribution in [-0.4, -0.2) is 37.9 Å². The maximum atomic E-state index is 13.1. The van der Waals surface area contributed by atoms with Crippen molar-refractivity contribution in [3.8, 4) is 0 Å². The summed E-state index contributed by atoms with van der Waals surface area (Å²) < 4.78 is 39.8. The van der Waals surface area contributed by atoms with Crippen LogP contribution >= 0.6 is 24.0 Å². The van der Waals surface area contributed by atoms with Crippen LogP contribution in [0.3, 0.4) is 0 Å². The molecule has 2 unspecified atom stereocenters. The topological polar surface area (TPSA) is 49.4 Å². The molecule has 3 rings (SSSR count). The zero-order valence-corrected chi connectivity index (χ0v) is 14.4. The summed E-state index contributed by atoms with van der Waals surface area (Å²) in [7, 11) is -3.40. The highest BCUT2D eigenvalue weighted by atomic mass is 35.5. The molecule has 0 radical (unpaired) electrons. The van der Waals surface area contributed by atoms with Crippen LogP contribution in [0.4, 0.5) is 4.39 Å². The van der Waals surface area contributed by atoms with Gasteiger partial charge in [0, 0.05) is 25.2 Å². The van der Waals surface area contributed by atoms with Gasteiger partial charge in [0.15, 0.2) is 0 Å². The second-order valence-corrected chi connectivity index (χ2v) is 8.19. The van der Waals surface area contributed by atoms with Crippen molar-refractivity contribution in [2.24, 2.45) is 0 Å². The molecular formula is C14H19Cl2FN2O2S. The van der Waals surface area contributed by atoms with E-state index in [0.29, 0.717) is 18.7 Å². The fourth-order valence-electron chi connectivity index (χ4n) is 3.12. The van der Waals surface area contributed by atoms with Crippen LogP contribution in [0.5, 0.6) is 0 Å². The largest absolute Gasteiger partial charge is 0.309 e. The number of hydrogen-bond donors (Lipinski definition) is 1. The SMILES string of the molecule is Cl.O=S(=O)(Cc1ccc(F)c(Cl)c1)N1CC2CCCC(C1)N2. The Balaban J connectivity index is 0.00000176. The molecule has 1 aromatic rings. The number of piperazine rings is 1. The van der Waals surface area contributed by atoms with Gasteiger partial charge in [-0.05, 0) is 30.5 Å². The predicted molar refractivity (Wildman–Crippen MR) is 87.4 cm³/mol. The fraction of sp³-hybridized carbons (Fsp3) is 0.571. The third-order valence-corrected chi connectivity index (χ3v) is 6.22. The first-order chi connectivity index (χ1) is 9.94. The van der Waals surface area contributed by atoms with E-state index in [1.807, 2.05) is 0 Å². The van der Waals surface area contributed by atoms with Crippen molar-refractivity contribution in [1.82, 2.24) is 9.62 Å². The molecule has 0 amide bonds. The lowest BCUT2D eigenvalue weighted by molar-refractivity contribution is 0.190. The highest BCUT2D eigenvalue weighted by molar-refractivity contribution is 7.88. The minimum Gasteiger partial charge on any atom is -0.309 e. The Hall–Kier alpha value is -0.400. The maximum Gasteiger partial charge on any atom is 0.218 e. The van der Waals surface area contributed by atoms with Crippen molar-refractivity contribution in [2.45, 2.75) is 37.1 Å². The molecule has 2 heterocycles. The number of rotatable bonds is 3. The number of nitrogens with one attached hydrogen (secondary N) is 1. The van der Waals surface area contributed by atoms with E-state index < -0.39 is 15.8 Å². The summed E-state index contributed by atoms with van der Waals surface area (Å²) in [6, 6.07) is 4.58. The van der Waals surface area contributed by atoms with E-state index in [1.54, 1.807) is 4.31 Å². The lowest BCUT2D eigenvalue weighted by Crippen LogP contribution is -2.59. The number of nitrogens with zero attached hydrogens (tertiary/aromatic N) is 1. The van der Waals surface area contributed by atoms with Crippen molar-refractivity contribution in [1.29, 1.82) is 0 Å². The summed E-state index contributed by atoms with van der Waals surface area (Å²) in [5.41, 5.74) is 0.519. The number of benzene rings is 1. The van der Waals surface area contributed by atoms with Crippen LogP contribution in [0.1, 0.15) is 24.8 Å². The van der Waals surface area contributed by atoms with Crippen LogP contribution in [0.2, 0.25) is 5.02 Å². The molecular weight excluding hydrogens is 350 g/mol. The van der Waals surface area contributed by atoms with Crippen LogP contribution in [0.15, 0.2) is 18.2 Å². The summed E-state index contributed by atoms with van der Waals surface area (Å²) in [4.78, 5) is 0. The summed E-state index contributed by atoms with van der Waals surface area (Å²) >= 11 is 5.71. The molecule has 8 heteroatoms. The summed E-state index contributed by atoms with van der Waals surface area (Å²) in [5.74, 6) is -0.665. The normalized spacial score (nSPS) is 25.5. The molecule has 124 valence electrons. The number of sulfonamides is 1. The van der Waals surface area contributed by atoms with Crippen molar-refractivity contribution in [2.75, 3.05) is 13.1 Å². The lowest BCUT2D eigenvalue weighted by Gasteiger charge is -2.41. The van der Waals surface area contributed by atoms with E-state index in [4.69, 9.17) is 11.6 Å². The first-order valence-electron chi connectivity index (χ1n) is 7.12. The minimum atomic E-state index is -3.40. The standard InChI is InChI=1S/C14H18ClFN2O2S.ClH/c15-13-6-10(4-5-14(13)16)9-21(19,20)18-7-11-2-1-3-12(8-18)17-11;/h4-6,11-12,17H,1-3,7-9H2;1H. The summed E-state index contributed by atoms with van der Waals surface area (Å²) in [6.45, 7) is 1.04. The predicted octanol–water partition coefficient (Wildman–Crippen LogP) is 2.56. The molecule has 4 nitrogen and oxygen atoms in total. The lowest BCUT2D eigenvalue weighted by atomic mass is 9.96. The van der Waals surface area contributed by atoms with Gasteiger partial charge in [0.05, 0.1) is 10.8 Å². The van der Waals surface area contributed by atoms with Gasteiger partial charge in [0.25, 0.3) is 0 Å². The average molecular weight is 369 g/mol. The quantitative estimate of drug-likeness (QED) is 0.891. The molecule has 2 saturated heterocycles. The Bertz CT molecular complexity index is 630. The van der Waals surface area contributed by atoms with Crippen molar-refractivity contribution >= 4 is 34.0 Å². The number of piperidine rings is 1. The molecule has 22 heavy (non-hydrogen) atoms. The summed E-state index contributed by atoms with van der Waals surface area (Å²) in [6.07, 6.45) is 3.19. The number of hydrogen-bond acceptors (Lipinski definition) is 3. The fourth-order valence-corrected chi connectivity index (χ4v) is 4.92. The first kappa shape index (κ1) is 17.9. The zero-order chi connectivity index (χ0) is 15.0. The molecule has 2 atom stereocenters. The van der Waals surface area contributed by atoms with Gasteiger partial charge >= 0.3 is 0 Å². The third kappa shape index (κ3) is 3.92. The first-order valence-corrected chi connectivity index (χ1v) is 9.10. The van der Waals surface area contributed by atoms with Gasteiger partial charge in [0.1, 0.15) is 5.82 Å². The van der Waals surface area contributed by atoms with E-state index >= 15 is 0 Å². The van der Waals surface area contributed by atoms with Gasteiger partial charge in [-0.2, -0.15) is 4.31 Å². The van der Waals surface area contributed by atoms with Gasteiger partial charge in [-0.25, -0.2) is 12.8 Å². The maximum absolute atomic E-state index is 13.1. The molecule has 2 aliphatic rings. The highest BCUT2D eigenvalue weighted by Gasteiger charge is 2.35. The van der Waals surface area contributed by atoms with Crippen molar-refractivity contribution in [3.63, 3.8) is 0 Å². The molecule has 1 N–H and O–H groups in total. The summed E-state index contributed by atoms with van der Waals surface area (Å²) in [5, 5.41) is 3.42. The van der Waals surface area contributed by atoms with E-state index in [-0.39, 0.29) is 35.3 Å². The molecule has 0 aromatic heterocycles. The molecule has 2 bridgehead atoms. The van der Waals surface area contributed by atoms with E-state index in [0.717, 1.165) is 19.3 Å². The van der Waals surface area contributed by atoms with Crippen LogP contribution in [0, 0.1) is 5.82 Å². The molecule has 0 saturated carbocycles. The van der Waals surface area contributed by atoms with Gasteiger partial charge < -0.3 is 5.32 Å². The average Bonchev–Trinajstić information content (AvgIpc) is 2.42. The van der Waals surface area contributed by atoms with Gasteiger partial charge in [-0.15, -0.1) is 12.4 Å². The van der Waals surface area contributed by atoms with Crippen molar-refractivity contribution < 1.29 is 12.8 Å². The smallest absolute Gasteiger partial charge is 0.218 e. The van der Waals surface area contributed by atoms with Crippen LogP contribution in [-0.2, 0) is 15.8 Å². The van der Waals surface area contributed by atoms with Gasteiger partial charge in [0.2, 0.25) is 10.0 Å². The van der Waals surface area contributed by atoms with Gasteiger partial charge in [-0.3, -0.25) is 0 Å². The molecule has 0 aliphatic carbocycles. The molecule has 1 aromatic carbocycles. The third-order valence-electron chi connectivity index (χ3n) is 4.15. The Kier molecular flexibility index (Phi) is 5.72. The Labute approximate surface area is 141 Å². The highest BCUT2D eigenvalue weighted by Crippen LogP contribution is 2.24. The second kappa shape index (κ2) is 7.01.